The van der Waals surface area contributed by atoms with E-state index in [2.05, 4.69) is 20.6 Å². The maximum atomic E-state index is 13.3. The number of amides is 2. The third kappa shape index (κ3) is 7.68. The first-order valence-corrected chi connectivity index (χ1v) is 13.1. The predicted molar refractivity (Wildman–Crippen MR) is 159 cm³/mol. The molecule has 0 aliphatic carbocycles. The number of carbonyl (C=O) groups excluding carboxylic acids is 2. The summed E-state index contributed by atoms with van der Waals surface area (Å²) in [7, 11) is 0. The molecule has 222 valence electrons. The molecule has 7 nitrogen and oxygen atoms in total. The summed E-state index contributed by atoms with van der Waals surface area (Å²) < 4.78 is 45.5. The number of nitrogens with one attached hydrogen (secondary N) is 2. The van der Waals surface area contributed by atoms with Gasteiger partial charge in [-0.1, -0.05) is 50.6 Å². The van der Waals surface area contributed by atoms with Crippen LogP contribution in [0.15, 0.2) is 60.7 Å². The average Bonchev–Trinajstić information content (AvgIpc) is 2.91. The van der Waals surface area contributed by atoms with E-state index in [4.69, 9.17) is 16.3 Å². The third-order valence-corrected chi connectivity index (χ3v) is 6.39. The van der Waals surface area contributed by atoms with Gasteiger partial charge >= 0.3 is 6.18 Å². The maximum absolute atomic E-state index is 13.3. The van der Waals surface area contributed by atoms with E-state index in [1.165, 1.54) is 12.1 Å². The lowest BCUT2D eigenvalue weighted by Crippen LogP contribution is -2.34. The number of hydrogen-bond acceptors (Lipinski definition) is 5. The summed E-state index contributed by atoms with van der Waals surface area (Å²) in [6.45, 7) is 7.67. The van der Waals surface area contributed by atoms with E-state index in [1.807, 2.05) is 0 Å². The van der Waals surface area contributed by atoms with Crippen LogP contribution in [0.3, 0.4) is 0 Å². The molecule has 0 bridgehead atoms. The number of rotatable bonds is 7. The average molecular weight is 621 g/mol. The van der Waals surface area contributed by atoms with Gasteiger partial charge in [0, 0.05) is 23.2 Å². The first kappa shape index (κ1) is 32.6. The highest BCUT2D eigenvalue weighted by molar-refractivity contribution is 6.34. The van der Waals surface area contributed by atoms with Gasteiger partial charge in [-0.2, -0.15) is 18.2 Å². The summed E-state index contributed by atoms with van der Waals surface area (Å²) in [5, 5.41) is 6.37. The fourth-order valence-electron chi connectivity index (χ4n) is 3.89. The number of fused-ring (bicyclic) bond motifs is 1. The van der Waals surface area contributed by atoms with Crippen molar-refractivity contribution in [1.29, 1.82) is 0 Å². The van der Waals surface area contributed by atoms with Gasteiger partial charge < -0.3 is 15.4 Å². The van der Waals surface area contributed by atoms with Crippen LogP contribution in [0.4, 0.5) is 18.9 Å². The van der Waals surface area contributed by atoms with Crippen LogP contribution in [0.25, 0.3) is 22.3 Å². The molecule has 42 heavy (non-hydrogen) atoms. The first-order chi connectivity index (χ1) is 19.3. The van der Waals surface area contributed by atoms with E-state index < -0.39 is 23.1 Å². The zero-order valence-electron chi connectivity index (χ0n) is 23.2. The van der Waals surface area contributed by atoms with Crippen molar-refractivity contribution >= 4 is 52.4 Å². The molecule has 3 aromatic carbocycles. The molecular formula is C30H29Cl2F3N4O3. The van der Waals surface area contributed by atoms with Crippen molar-refractivity contribution in [3.63, 3.8) is 0 Å². The van der Waals surface area contributed by atoms with Crippen LogP contribution in [0.2, 0.25) is 5.02 Å². The predicted octanol–water partition coefficient (Wildman–Crippen LogP) is 7.70. The Morgan fingerprint density at radius 1 is 0.976 bits per heavy atom. The monoisotopic (exact) mass is 620 g/mol. The summed E-state index contributed by atoms with van der Waals surface area (Å²) >= 11 is 6.31. The Balaban J connectivity index is 0.00000484. The Labute approximate surface area is 252 Å². The van der Waals surface area contributed by atoms with Crippen molar-refractivity contribution in [1.82, 2.24) is 15.3 Å². The molecule has 0 radical (unpaired) electrons. The fraction of sp³-hybridized carbons (Fsp3) is 0.267. The van der Waals surface area contributed by atoms with Crippen LogP contribution in [-0.2, 0) is 17.5 Å². The topological polar surface area (TPSA) is 93.2 Å². The summed E-state index contributed by atoms with van der Waals surface area (Å²) in [6, 6.07) is 14.5. The largest absolute Gasteiger partial charge is 0.477 e. The number of carbonyl (C=O) groups is 2. The van der Waals surface area contributed by atoms with E-state index in [-0.39, 0.29) is 59.3 Å². The number of hydrogen-bond donors (Lipinski definition) is 2. The van der Waals surface area contributed by atoms with E-state index in [1.54, 1.807) is 64.1 Å². The molecule has 2 N–H and O–H groups in total. The number of ether oxygens (including phenoxy) is 1. The van der Waals surface area contributed by atoms with Crippen LogP contribution in [0.5, 0.6) is 5.88 Å². The molecule has 0 saturated carbocycles. The Morgan fingerprint density at radius 3 is 2.38 bits per heavy atom. The van der Waals surface area contributed by atoms with Gasteiger partial charge in [-0.25, -0.2) is 4.98 Å². The molecule has 1 aromatic heterocycles. The minimum Gasteiger partial charge on any atom is -0.477 e. The second kappa shape index (κ2) is 13.0. The highest BCUT2D eigenvalue weighted by Crippen LogP contribution is 2.33. The van der Waals surface area contributed by atoms with Gasteiger partial charge in [-0.05, 0) is 55.0 Å². The van der Waals surface area contributed by atoms with Gasteiger partial charge in [-0.15, -0.1) is 12.4 Å². The van der Waals surface area contributed by atoms with Crippen LogP contribution in [0, 0.1) is 5.41 Å². The van der Waals surface area contributed by atoms with Crippen LogP contribution in [0.1, 0.15) is 49.2 Å². The molecule has 0 unspecified atom stereocenters. The van der Waals surface area contributed by atoms with E-state index >= 15 is 0 Å². The lowest BCUT2D eigenvalue weighted by atomic mass is 9.95. The Morgan fingerprint density at radius 2 is 1.71 bits per heavy atom. The summed E-state index contributed by atoms with van der Waals surface area (Å²) in [4.78, 5) is 34.2. The van der Waals surface area contributed by atoms with Gasteiger partial charge in [-0.3, -0.25) is 9.59 Å². The maximum Gasteiger partial charge on any atom is 0.416 e. The molecule has 0 atom stereocenters. The summed E-state index contributed by atoms with van der Waals surface area (Å²) in [6.07, 6.45) is -4.52. The molecule has 1 heterocycles. The third-order valence-electron chi connectivity index (χ3n) is 6.06. The molecule has 0 saturated heterocycles. The normalized spacial score (nSPS) is 11.5. The summed E-state index contributed by atoms with van der Waals surface area (Å²) in [5.74, 6) is -0.373. The number of benzene rings is 3. The highest BCUT2D eigenvalue weighted by Gasteiger charge is 2.30. The molecule has 0 spiro atoms. The Bertz CT molecular complexity index is 1620. The number of anilines is 1. The minimum absolute atomic E-state index is 0. The second-order valence-electron chi connectivity index (χ2n) is 10.3. The van der Waals surface area contributed by atoms with Gasteiger partial charge in [0.15, 0.2) is 5.82 Å². The van der Waals surface area contributed by atoms with E-state index in [0.717, 1.165) is 12.1 Å². The fourth-order valence-corrected chi connectivity index (χ4v) is 4.09. The van der Waals surface area contributed by atoms with E-state index in [9.17, 15) is 22.8 Å². The van der Waals surface area contributed by atoms with Crippen molar-refractivity contribution in [3.8, 4) is 17.3 Å². The first-order valence-electron chi connectivity index (χ1n) is 12.8. The van der Waals surface area contributed by atoms with Crippen molar-refractivity contribution in [2.45, 2.75) is 40.4 Å². The molecular weight excluding hydrogens is 592 g/mol. The molecule has 0 fully saturated rings. The molecule has 4 aromatic rings. The number of alkyl halides is 3. The van der Waals surface area contributed by atoms with Gasteiger partial charge in [0.05, 0.1) is 33.7 Å². The number of nitrogens with zero attached hydrogens (tertiary/aromatic N) is 2. The summed E-state index contributed by atoms with van der Waals surface area (Å²) in [5.41, 5.74) is 0.413. The van der Waals surface area contributed by atoms with Crippen LogP contribution < -0.4 is 15.4 Å². The quantitative estimate of drug-likeness (QED) is 0.221. The highest BCUT2D eigenvalue weighted by atomic mass is 35.5. The van der Waals surface area contributed by atoms with Crippen molar-refractivity contribution < 1.29 is 27.5 Å². The second-order valence-corrected chi connectivity index (χ2v) is 10.7. The molecule has 0 aliphatic rings. The van der Waals surface area contributed by atoms with Crippen LogP contribution >= 0.6 is 24.0 Å². The molecule has 2 amide bonds. The van der Waals surface area contributed by atoms with Gasteiger partial charge in [0.1, 0.15) is 0 Å². The standard InChI is InChI=1S/C30H28ClF3N4O3.ClH/c1-5-41-27-21-11-10-20(15-24(21)37-25(38-27)18-7-6-8-19(14-18)30(32,33)34)36-26(39)22-13-17(9-12-23(22)31)16-35-28(40)29(2,3)4;/h6-15H,5,16H2,1-4H3,(H,35,40)(H,36,39);1H. The van der Waals surface area contributed by atoms with Gasteiger partial charge in [0.2, 0.25) is 11.8 Å². The smallest absolute Gasteiger partial charge is 0.416 e. The SMILES string of the molecule is CCOc1nc(-c2cccc(C(F)(F)F)c2)nc2cc(NC(=O)c3cc(CNC(=O)C(C)(C)C)ccc3Cl)ccc12.Cl. The van der Waals surface area contributed by atoms with Crippen molar-refractivity contribution in [2.75, 3.05) is 11.9 Å². The van der Waals surface area contributed by atoms with E-state index in [0.29, 0.717) is 22.2 Å². The Kier molecular flexibility index (Phi) is 10.1. The Hall–Kier alpha value is -3.89. The van der Waals surface area contributed by atoms with Crippen molar-refractivity contribution in [3.05, 3.63) is 82.4 Å². The lowest BCUT2D eigenvalue weighted by Gasteiger charge is -2.18. The minimum atomic E-state index is -4.52. The number of aromatic nitrogens is 2. The zero-order chi connectivity index (χ0) is 29.9. The van der Waals surface area contributed by atoms with Gasteiger partial charge in [0.25, 0.3) is 5.91 Å². The van der Waals surface area contributed by atoms with Crippen molar-refractivity contribution in [2.24, 2.45) is 5.41 Å². The lowest BCUT2D eigenvalue weighted by molar-refractivity contribution is -0.137. The van der Waals surface area contributed by atoms with Crippen LogP contribution in [-0.4, -0.2) is 28.4 Å². The molecule has 12 heteroatoms. The number of halogens is 5. The molecule has 0 aliphatic heterocycles. The molecule has 4 rings (SSSR count). The zero-order valence-corrected chi connectivity index (χ0v) is 24.8.